The topological polar surface area (TPSA) is 120 Å². The summed E-state index contributed by atoms with van der Waals surface area (Å²) < 4.78 is 42.4. The zero-order valence-corrected chi connectivity index (χ0v) is 22.4. The number of hydrogen-bond donors (Lipinski definition) is 1. The number of benzene rings is 1. The second kappa shape index (κ2) is 23.0. The van der Waals surface area contributed by atoms with Gasteiger partial charge in [-0.15, -0.1) is 0 Å². The van der Waals surface area contributed by atoms with Crippen molar-refractivity contribution in [2.75, 3.05) is 99.5 Å². The van der Waals surface area contributed by atoms with Crippen LogP contribution in [-0.4, -0.2) is 111 Å². The van der Waals surface area contributed by atoms with Crippen molar-refractivity contribution >= 4 is 11.9 Å². The van der Waals surface area contributed by atoms with Gasteiger partial charge in [0.05, 0.1) is 85.9 Å². The van der Waals surface area contributed by atoms with Gasteiger partial charge in [0.15, 0.2) is 0 Å². The molecule has 0 aliphatic rings. The Labute approximate surface area is 220 Å². The van der Waals surface area contributed by atoms with E-state index in [2.05, 4.69) is 5.32 Å². The van der Waals surface area contributed by atoms with Gasteiger partial charge in [0.25, 0.3) is 5.91 Å². The van der Waals surface area contributed by atoms with Gasteiger partial charge in [-0.1, -0.05) is 17.7 Å². The van der Waals surface area contributed by atoms with Crippen LogP contribution in [0.4, 0.5) is 0 Å². The van der Waals surface area contributed by atoms with Gasteiger partial charge in [0.1, 0.15) is 6.61 Å². The van der Waals surface area contributed by atoms with Gasteiger partial charge in [0, 0.05) is 31.7 Å². The highest BCUT2D eigenvalue weighted by molar-refractivity contribution is 5.95. The fourth-order valence-electron chi connectivity index (χ4n) is 2.88. The maximum absolute atomic E-state index is 12.5. The molecule has 37 heavy (non-hydrogen) atoms. The zero-order chi connectivity index (χ0) is 27.0. The van der Waals surface area contributed by atoms with Crippen molar-refractivity contribution in [3.8, 4) is 0 Å². The maximum atomic E-state index is 12.5. The fraction of sp³-hybridized carbons (Fsp3) is 0.692. The highest BCUT2D eigenvalue weighted by Gasteiger charge is 2.12. The molecule has 1 N–H and O–H groups in total. The quantitative estimate of drug-likeness (QED) is 0.156. The van der Waals surface area contributed by atoms with Crippen molar-refractivity contribution < 1.29 is 47.5 Å². The minimum atomic E-state index is -0.392. The van der Waals surface area contributed by atoms with Gasteiger partial charge in [-0.2, -0.15) is 0 Å². The Morgan fingerprint density at radius 3 is 1.62 bits per heavy atom. The summed E-state index contributed by atoms with van der Waals surface area (Å²) in [7, 11) is 1.64. The number of methoxy groups -OCH3 is 1. The van der Waals surface area contributed by atoms with Crippen molar-refractivity contribution in [3.05, 3.63) is 34.9 Å². The highest BCUT2D eigenvalue weighted by atomic mass is 16.6. The van der Waals surface area contributed by atoms with Crippen LogP contribution in [0.5, 0.6) is 0 Å². The highest BCUT2D eigenvalue weighted by Crippen LogP contribution is 2.13. The lowest BCUT2D eigenvalue weighted by Crippen LogP contribution is -2.28. The molecule has 0 atom stereocenters. The largest absolute Gasteiger partial charge is 0.461 e. The predicted octanol–water partition coefficient (Wildman–Crippen LogP) is 1.53. The maximum Gasteiger partial charge on any atom is 0.302 e. The Balaban J connectivity index is 1.91. The standard InChI is InChI=1S/C26H43NO10/c1-22-4-5-24(21-37-23(2)28)25(20-22)26(29)27-6-7-31-10-11-33-14-15-35-18-19-36-17-16-34-13-12-32-9-8-30-3/h4-5,20H,6-19,21H2,1-3H3,(H,27,29). The summed E-state index contributed by atoms with van der Waals surface area (Å²) in [6.07, 6.45) is 0. The second-order valence-electron chi connectivity index (χ2n) is 7.86. The summed E-state index contributed by atoms with van der Waals surface area (Å²) in [5, 5.41) is 2.82. The molecule has 1 aromatic rings. The van der Waals surface area contributed by atoms with E-state index in [-0.39, 0.29) is 12.5 Å². The number of nitrogens with one attached hydrogen (secondary N) is 1. The first kappa shape index (κ1) is 32.9. The Kier molecular flexibility index (Phi) is 20.5. The molecule has 0 saturated heterocycles. The van der Waals surface area contributed by atoms with Crippen LogP contribution in [0.2, 0.25) is 0 Å². The Bertz CT molecular complexity index is 731. The number of hydrogen-bond acceptors (Lipinski definition) is 10. The number of esters is 1. The number of amides is 1. The van der Waals surface area contributed by atoms with Crippen LogP contribution in [0.25, 0.3) is 0 Å². The third kappa shape index (κ3) is 18.7. The van der Waals surface area contributed by atoms with Crippen molar-refractivity contribution in [3.63, 3.8) is 0 Å². The molecule has 1 aromatic carbocycles. The molecular weight excluding hydrogens is 486 g/mol. The Morgan fingerprint density at radius 1 is 0.703 bits per heavy atom. The third-order valence-corrected chi connectivity index (χ3v) is 4.76. The number of carbonyl (C=O) groups is 2. The van der Waals surface area contributed by atoms with E-state index >= 15 is 0 Å². The molecule has 11 heteroatoms. The smallest absolute Gasteiger partial charge is 0.302 e. The van der Waals surface area contributed by atoms with Crippen molar-refractivity contribution in [2.24, 2.45) is 0 Å². The van der Waals surface area contributed by atoms with Crippen LogP contribution in [0, 0.1) is 6.92 Å². The SMILES string of the molecule is COCCOCCOCCOCCOCCOCCOCCNC(=O)c1cc(C)ccc1COC(C)=O. The van der Waals surface area contributed by atoms with E-state index in [0.29, 0.717) is 104 Å². The summed E-state index contributed by atoms with van der Waals surface area (Å²) in [5.41, 5.74) is 2.09. The Morgan fingerprint density at radius 2 is 1.16 bits per heavy atom. The molecule has 0 bridgehead atoms. The first-order valence-corrected chi connectivity index (χ1v) is 12.5. The van der Waals surface area contributed by atoms with E-state index in [4.69, 9.17) is 37.9 Å². The van der Waals surface area contributed by atoms with E-state index in [1.54, 1.807) is 19.2 Å². The number of aryl methyl sites for hydroxylation is 1. The lowest BCUT2D eigenvalue weighted by molar-refractivity contribution is -0.142. The van der Waals surface area contributed by atoms with Gasteiger partial charge in [-0.05, 0) is 13.0 Å². The van der Waals surface area contributed by atoms with Gasteiger partial charge in [-0.25, -0.2) is 0 Å². The first-order chi connectivity index (χ1) is 18.0. The van der Waals surface area contributed by atoms with Crippen molar-refractivity contribution in [2.45, 2.75) is 20.5 Å². The molecule has 0 aliphatic heterocycles. The van der Waals surface area contributed by atoms with Crippen LogP contribution in [0.1, 0.15) is 28.4 Å². The van der Waals surface area contributed by atoms with E-state index in [9.17, 15) is 9.59 Å². The van der Waals surface area contributed by atoms with E-state index in [0.717, 1.165) is 5.56 Å². The molecule has 0 fully saturated rings. The molecule has 1 rings (SSSR count). The minimum absolute atomic E-state index is 0.0599. The predicted molar refractivity (Wildman–Crippen MR) is 136 cm³/mol. The van der Waals surface area contributed by atoms with Gasteiger partial charge < -0.3 is 43.2 Å². The summed E-state index contributed by atoms with van der Waals surface area (Å²) >= 11 is 0. The molecular formula is C26H43NO10. The summed E-state index contributed by atoms with van der Waals surface area (Å²) in [6.45, 7) is 10.0. The van der Waals surface area contributed by atoms with Gasteiger partial charge in [0.2, 0.25) is 0 Å². The Hall–Kier alpha value is -2.12. The molecule has 11 nitrogen and oxygen atoms in total. The third-order valence-electron chi connectivity index (χ3n) is 4.76. The number of rotatable bonds is 24. The average molecular weight is 530 g/mol. The molecule has 1 amide bonds. The molecule has 212 valence electrons. The zero-order valence-electron chi connectivity index (χ0n) is 22.4. The fourth-order valence-corrected chi connectivity index (χ4v) is 2.88. The van der Waals surface area contributed by atoms with Crippen LogP contribution < -0.4 is 5.32 Å². The van der Waals surface area contributed by atoms with E-state index in [1.807, 2.05) is 13.0 Å². The molecule has 0 aromatic heterocycles. The summed E-state index contributed by atoms with van der Waals surface area (Å²) in [5.74, 6) is -0.625. The molecule has 0 radical (unpaired) electrons. The first-order valence-electron chi connectivity index (χ1n) is 12.5. The number of ether oxygens (including phenoxy) is 8. The van der Waals surface area contributed by atoms with E-state index < -0.39 is 5.97 Å². The molecule has 0 unspecified atom stereocenters. The van der Waals surface area contributed by atoms with Crippen molar-refractivity contribution in [1.29, 1.82) is 0 Å². The average Bonchev–Trinajstić information content (AvgIpc) is 2.88. The lowest BCUT2D eigenvalue weighted by Gasteiger charge is -2.12. The second-order valence-corrected chi connectivity index (χ2v) is 7.86. The van der Waals surface area contributed by atoms with Crippen LogP contribution in [-0.2, 0) is 49.3 Å². The minimum Gasteiger partial charge on any atom is -0.461 e. The number of carbonyl (C=O) groups excluding carboxylic acids is 2. The van der Waals surface area contributed by atoms with Gasteiger partial charge >= 0.3 is 5.97 Å². The van der Waals surface area contributed by atoms with E-state index in [1.165, 1.54) is 6.92 Å². The van der Waals surface area contributed by atoms with Crippen molar-refractivity contribution in [1.82, 2.24) is 5.32 Å². The monoisotopic (exact) mass is 529 g/mol. The molecule has 0 aliphatic carbocycles. The molecule has 0 heterocycles. The summed E-state index contributed by atoms with van der Waals surface area (Å²) in [4.78, 5) is 23.6. The normalized spacial score (nSPS) is 11.0. The van der Waals surface area contributed by atoms with Crippen LogP contribution >= 0.6 is 0 Å². The van der Waals surface area contributed by atoms with Gasteiger partial charge in [-0.3, -0.25) is 9.59 Å². The molecule has 0 spiro atoms. The summed E-state index contributed by atoms with van der Waals surface area (Å²) in [6, 6.07) is 5.44. The van der Waals surface area contributed by atoms with Crippen LogP contribution in [0.15, 0.2) is 18.2 Å². The molecule has 0 saturated carbocycles. The van der Waals surface area contributed by atoms with Crippen LogP contribution in [0.3, 0.4) is 0 Å². The lowest BCUT2D eigenvalue weighted by atomic mass is 10.0.